The van der Waals surface area contributed by atoms with E-state index in [0.29, 0.717) is 5.88 Å². The number of benzene rings is 1. The number of rotatable bonds is 4. The highest BCUT2D eigenvalue weighted by molar-refractivity contribution is 5.83. The molecule has 0 saturated heterocycles. The zero-order chi connectivity index (χ0) is 14.7. The number of esters is 1. The summed E-state index contributed by atoms with van der Waals surface area (Å²) in [6.45, 7) is 5.77. The van der Waals surface area contributed by atoms with E-state index in [0.717, 1.165) is 16.8 Å². The lowest BCUT2D eigenvalue weighted by atomic mass is 10.1. The van der Waals surface area contributed by atoms with Gasteiger partial charge in [0.15, 0.2) is 0 Å². The van der Waals surface area contributed by atoms with Crippen molar-refractivity contribution >= 4 is 17.5 Å². The maximum Gasteiger partial charge on any atom is 0.328 e. The van der Waals surface area contributed by atoms with Crippen LogP contribution < -0.4 is 4.90 Å². The van der Waals surface area contributed by atoms with Crippen LogP contribution in [0, 0.1) is 13.8 Å². The maximum absolute atomic E-state index is 11.9. The van der Waals surface area contributed by atoms with Gasteiger partial charge in [0.25, 0.3) is 0 Å². The SMILES string of the molecule is COC(=O)[C@H](C)N(c1ccno1)c1c(C)cccc1C. The molecule has 1 aromatic heterocycles. The molecular weight excluding hydrogens is 256 g/mol. The number of hydrogen-bond acceptors (Lipinski definition) is 5. The summed E-state index contributed by atoms with van der Waals surface area (Å²) in [5.74, 6) is 0.185. The van der Waals surface area contributed by atoms with Crippen molar-refractivity contribution in [2.45, 2.75) is 26.8 Å². The van der Waals surface area contributed by atoms with Gasteiger partial charge in [-0.3, -0.25) is 4.90 Å². The van der Waals surface area contributed by atoms with E-state index in [1.165, 1.54) is 7.11 Å². The average Bonchev–Trinajstić information content (AvgIpc) is 2.95. The van der Waals surface area contributed by atoms with Gasteiger partial charge in [0, 0.05) is 6.07 Å². The second-order valence-electron chi connectivity index (χ2n) is 4.66. The smallest absolute Gasteiger partial charge is 0.328 e. The number of ether oxygens (including phenoxy) is 1. The second-order valence-corrected chi connectivity index (χ2v) is 4.66. The fourth-order valence-corrected chi connectivity index (χ4v) is 2.29. The summed E-state index contributed by atoms with van der Waals surface area (Å²) in [4.78, 5) is 13.7. The first kappa shape index (κ1) is 14.1. The van der Waals surface area contributed by atoms with Gasteiger partial charge in [0.2, 0.25) is 5.88 Å². The van der Waals surface area contributed by atoms with E-state index in [-0.39, 0.29) is 5.97 Å². The van der Waals surface area contributed by atoms with Gasteiger partial charge in [-0.25, -0.2) is 4.79 Å². The molecule has 2 aromatic rings. The van der Waals surface area contributed by atoms with Crippen molar-refractivity contribution in [2.24, 2.45) is 0 Å². The summed E-state index contributed by atoms with van der Waals surface area (Å²) in [5.41, 5.74) is 3.04. The van der Waals surface area contributed by atoms with Crippen LogP contribution >= 0.6 is 0 Å². The second kappa shape index (κ2) is 5.77. The molecule has 0 N–H and O–H groups in total. The molecule has 0 radical (unpaired) electrons. The number of hydrogen-bond donors (Lipinski definition) is 0. The number of carbonyl (C=O) groups excluding carboxylic acids is 1. The Morgan fingerprint density at radius 2 is 1.95 bits per heavy atom. The predicted molar refractivity (Wildman–Crippen MR) is 76.0 cm³/mol. The van der Waals surface area contributed by atoms with Crippen LogP contribution in [0.5, 0.6) is 0 Å². The molecule has 2 rings (SSSR count). The fourth-order valence-electron chi connectivity index (χ4n) is 2.29. The number of anilines is 2. The van der Waals surface area contributed by atoms with Gasteiger partial charge in [-0.1, -0.05) is 23.4 Å². The monoisotopic (exact) mass is 274 g/mol. The van der Waals surface area contributed by atoms with Crippen LogP contribution in [-0.4, -0.2) is 24.3 Å². The van der Waals surface area contributed by atoms with Gasteiger partial charge < -0.3 is 9.26 Å². The summed E-state index contributed by atoms with van der Waals surface area (Å²) in [6, 6.07) is 7.19. The van der Waals surface area contributed by atoms with Gasteiger partial charge in [0.05, 0.1) is 19.0 Å². The van der Waals surface area contributed by atoms with Crippen molar-refractivity contribution in [1.29, 1.82) is 0 Å². The van der Waals surface area contributed by atoms with Crippen molar-refractivity contribution in [3.05, 3.63) is 41.6 Å². The van der Waals surface area contributed by atoms with E-state index >= 15 is 0 Å². The highest BCUT2D eigenvalue weighted by Crippen LogP contribution is 2.33. The van der Waals surface area contributed by atoms with Crippen LogP contribution in [-0.2, 0) is 9.53 Å². The number of para-hydroxylation sites is 1. The molecule has 5 nitrogen and oxygen atoms in total. The average molecular weight is 274 g/mol. The minimum Gasteiger partial charge on any atom is -0.467 e. The Balaban J connectivity index is 2.55. The molecule has 0 bridgehead atoms. The molecule has 0 amide bonds. The third-order valence-electron chi connectivity index (χ3n) is 3.27. The number of methoxy groups -OCH3 is 1. The molecule has 0 aliphatic rings. The van der Waals surface area contributed by atoms with E-state index < -0.39 is 6.04 Å². The van der Waals surface area contributed by atoms with Gasteiger partial charge in [-0.05, 0) is 31.9 Å². The molecule has 0 aliphatic heterocycles. The lowest BCUT2D eigenvalue weighted by molar-refractivity contribution is -0.141. The molecule has 0 saturated carbocycles. The fraction of sp³-hybridized carbons (Fsp3) is 0.333. The Hall–Kier alpha value is -2.30. The van der Waals surface area contributed by atoms with Crippen molar-refractivity contribution in [2.75, 3.05) is 12.0 Å². The Morgan fingerprint density at radius 3 is 2.45 bits per heavy atom. The van der Waals surface area contributed by atoms with E-state index in [1.54, 1.807) is 19.2 Å². The minimum atomic E-state index is -0.507. The summed E-state index contributed by atoms with van der Waals surface area (Å²) >= 11 is 0. The molecule has 0 fully saturated rings. The van der Waals surface area contributed by atoms with Crippen LogP contribution in [0.3, 0.4) is 0 Å². The Morgan fingerprint density at radius 1 is 1.30 bits per heavy atom. The standard InChI is InChI=1S/C15H18N2O3/c1-10-6-5-7-11(2)14(10)17(12(3)15(18)19-4)13-8-9-16-20-13/h5-9,12H,1-4H3/t12-/m0/s1. The van der Waals surface area contributed by atoms with E-state index in [9.17, 15) is 4.79 Å². The van der Waals surface area contributed by atoms with Gasteiger partial charge in [0.1, 0.15) is 6.04 Å². The largest absolute Gasteiger partial charge is 0.467 e. The topological polar surface area (TPSA) is 55.6 Å². The number of aromatic nitrogens is 1. The van der Waals surface area contributed by atoms with Crippen molar-refractivity contribution < 1.29 is 14.1 Å². The molecule has 5 heteroatoms. The van der Waals surface area contributed by atoms with E-state index in [2.05, 4.69) is 5.16 Å². The summed E-state index contributed by atoms with van der Waals surface area (Å²) in [5, 5.41) is 3.73. The molecule has 0 aliphatic carbocycles. The molecular formula is C15H18N2O3. The number of aryl methyl sites for hydroxylation is 2. The Labute approximate surface area is 118 Å². The highest BCUT2D eigenvalue weighted by Gasteiger charge is 2.28. The van der Waals surface area contributed by atoms with Crippen LogP contribution in [0.1, 0.15) is 18.1 Å². The zero-order valence-corrected chi connectivity index (χ0v) is 12.1. The van der Waals surface area contributed by atoms with Crippen LogP contribution in [0.2, 0.25) is 0 Å². The normalized spacial score (nSPS) is 12.0. The maximum atomic E-state index is 11.9. The van der Waals surface area contributed by atoms with Gasteiger partial charge >= 0.3 is 5.97 Å². The molecule has 0 spiro atoms. The zero-order valence-electron chi connectivity index (χ0n) is 12.1. The third kappa shape index (κ3) is 2.52. The van der Waals surface area contributed by atoms with Crippen LogP contribution in [0.15, 0.2) is 35.0 Å². The van der Waals surface area contributed by atoms with Gasteiger partial charge in [-0.2, -0.15) is 0 Å². The van der Waals surface area contributed by atoms with E-state index in [4.69, 9.17) is 9.26 Å². The summed E-state index contributed by atoms with van der Waals surface area (Å²) in [6.07, 6.45) is 1.56. The lowest BCUT2D eigenvalue weighted by Gasteiger charge is -2.29. The quantitative estimate of drug-likeness (QED) is 0.802. The molecule has 106 valence electrons. The highest BCUT2D eigenvalue weighted by atomic mass is 16.5. The lowest BCUT2D eigenvalue weighted by Crippen LogP contribution is -2.37. The summed E-state index contributed by atoms with van der Waals surface area (Å²) < 4.78 is 10.1. The van der Waals surface area contributed by atoms with Crippen LogP contribution in [0.4, 0.5) is 11.6 Å². The number of carbonyl (C=O) groups is 1. The molecule has 20 heavy (non-hydrogen) atoms. The Kier molecular flexibility index (Phi) is 4.08. The first-order chi connectivity index (χ1) is 9.56. The molecule has 1 atom stereocenters. The predicted octanol–water partition coefficient (Wildman–Crippen LogP) is 2.99. The van der Waals surface area contributed by atoms with Gasteiger partial charge in [-0.15, -0.1) is 0 Å². The molecule has 0 unspecified atom stereocenters. The molecule has 1 heterocycles. The summed E-state index contributed by atoms with van der Waals surface area (Å²) in [7, 11) is 1.38. The van der Waals surface area contributed by atoms with Crippen molar-refractivity contribution in [3.8, 4) is 0 Å². The van der Waals surface area contributed by atoms with Crippen molar-refractivity contribution in [1.82, 2.24) is 5.16 Å². The number of nitrogens with zero attached hydrogens (tertiary/aromatic N) is 2. The Bertz CT molecular complexity index is 573. The van der Waals surface area contributed by atoms with Crippen LogP contribution in [0.25, 0.3) is 0 Å². The molecule has 1 aromatic carbocycles. The third-order valence-corrected chi connectivity index (χ3v) is 3.27. The minimum absolute atomic E-state index is 0.330. The first-order valence-electron chi connectivity index (χ1n) is 6.40. The van der Waals surface area contributed by atoms with E-state index in [1.807, 2.05) is 36.9 Å². The van der Waals surface area contributed by atoms with Crippen molar-refractivity contribution in [3.63, 3.8) is 0 Å². The first-order valence-corrected chi connectivity index (χ1v) is 6.40.